The second-order valence-electron chi connectivity index (χ2n) is 8.02. The van der Waals surface area contributed by atoms with E-state index < -0.39 is 0 Å². The van der Waals surface area contributed by atoms with Gasteiger partial charge in [-0.3, -0.25) is 4.79 Å². The van der Waals surface area contributed by atoms with Crippen molar-refractivity contribution in [1.82, 2.24) is 0 Å². The zero-order chi connectivity index (χ0) is 20.4. The molecule has 0 aromatic heterocycles. The van der Waals surface area contributed by atoms with Gasteiger partial charge in [0.15, 0.2) is 6.61 Å². The minimum atomic E-state index is -0.183. The third kappa shape index (κ3) is 7.26. The van der Waals surface area contributed by atoms with E-state index in [4.69, 9.17) is 9.47 Å². The Morgan fingerprint density at radius 2 is 1.64 bits per heavy atom. The van der Waals surface area contributed by atoms with Crippen molar-refractivity contribution in [1.29, 1.82) is 0 Å². The molecule has 152 valence electrons. The molecule has 0 saturated carbocycles. The minimum absolute atomic E-state index is 0.0250. The van der Waals surface area contributed by atoms with E-state index in [2.05, 4.69) is 33.0 Å². The molecule has 0 saturated heterocycles. The summed E-state index contributed by atoms with van der Waals surface area (Å²) in [5.41, 5.74) is 1.78. The predicted molar refractivity (Wildman–Crippen MR) is 115 cm³/mol. The van der Waals surface area contributed by atoms with E-state index >= 15 is 0 Å². The smallest absolute Gasteiger partial charge is 0.262 e. The summed E-state index contributed by atoms with van der Waals surface area (Å²) in [4.78, 5) is 12.2. The Bertz CT molecular complexity index is 732. The van der Waals surface area contributed by atoms with Crippen LogP contribution < -0.4 is 14.8 Å². The molecule has 1 N–H and O–H groups in total. The fourth-order valence-corrected chi connectivity index (χ4v) is 2.91. The van der Waals surface area contributed by atoms with Crippen molar-refractivity contribution in [3.63, 3.8) is 0 Å². The van der Waals surface area contributed by atoms with Gasteiger partial charge in [0.05, 0.1) is 6.61 Å². The van der Waals surface area contributed by atoms with Gasteiger partial charge in [0.1, 0.15) is 11.5 Å². The number of benzene rings is 2. The van der Waals surface area contributed by atoms with Crippen LogP contribution in [0.5, 0.6) is 11.5 Å². The number of para-hydroxylation sites is 1. The van der Waals surface area contributed by atoms with E-state index in [1.807, 2.05) is 48.5 Å². The molecule has 1 amide bonds. The van der Waals surface area contributed by atoms with Gasteiger partial charge < -0.3 is 14.8 Å². The molecule has 0 fully saturated rings. The van der Waals surface area contributed by atoms with E-state index in [0.29, 0.717) is 0 Å². The van der Waals surface area contributed by atoms with Crippen LogP contribution >= 0.6 is 0 Å². The summed E-state index contributed by atoms with van der Waals surface area (Å²) in [6.07, 6.45) is 4.74. The lowest BCUT2D eigenvalue weighted by molar-refractivity contribution is -0.118. The largest absolute Gasteiger partial charge is 0.494 e. The molecule has 0 radical (unpaired) electrons. The maximum absolute atomic E-state index is 12.2. The van der Waals surface area contributed by atoms with E-state index in [1.165, 1.54) is 19.3 Å². The molecule has 2 aromatic carbocycles. The molecule has 0 aliphatic carbocycles. The quantitative estimate of drug-likeness (QED) is 0.515. The topological polar surface area (TPSA) is 47.6 Å². The normalized spacial score (nSPS) is 11.1. The molecule has 28 heavy (non-hydrogen) atoms. The lowest BCUT2D eigenvalue weighted by Gasteiger charge is -2.22. The van der Waals surface area contributed by atoms with Gasteiger partial charge in [-0.15, -0.1) is 0 Å². The first kappa shape index (κ1) is 21.8. The molecule has 4 heteroatoms. The molecular formula is C24H33NO3. The highest BCUT2D eigenvalue weighted by Gasteiger charge is 2.18. The fraction of sp³-hybridized carbons (Fsp3) is 0.458. The Morgan fingerprint density at radius 1 is 0.929 bits per heavy atom. The van der Waals surface area contributed by atoms with E-state index in [0.717, 1.165) is 35.8 Å². The summed E-state index contributed by atoms with van der Waals surface area (Å²) < 4.78 is 11.5. The first-order valence-corrected chi connectivity index (χ1v) is 10.1. The first-order valence-electron chi connectivity index (χ1n) is 10.1. The Balaban J connectivity index is 1.81. The van der Waals surface area contributed by atoms with Crippen LogP contribution in [0.15, 0.2) is 48.5 Å². The van der Waals surface area contributed by atoms with E-state index in [9.17, 15) is 4.79 Å². The molecular weight excluding hydrogens is 350 g/mol. The van der Waals surface area contributed by atoms with Gasteiger partial charge in [0, 0.05) is 5.69 Å². The standard InChI is InChI=1S/C24H33NO3/c1-5-6-7-10-17-27-20-15-13-19(14-16-20)25-23(26)18-28-22-12-9-8-11-21(22)24(2,3)4/h8-9,11-16H,5-7,10,17-18H2,1-4H3,(H,25,26). The summed E-state index contributed by atoms with van der Waals surface area (Å²) in [7, 11) is 0. The zero-order valence-electron chi connectivity index (χ0n) is 17.6. The third-order valence-corrected chi connectivity index (χ3v) is 4.46. The van der Waals surface area contributed by atoms with Gasteiger partial charge in [-0.25, -0.2) is 0 Å². The molecule has 2 rings (SSSR count). The Hall–Kier alpha value is -2.49. The number of nitrogens with one attached hydrogen (secondary N) is 1. The van der Waals surface area contributed by atoms with Crippen molar-refractivity contribution in [3.8, 4) is 11.5 Å². The molecule has 0 bridgehead atoms. The predicted octanol–water partition coefficient (Wildman–Crippen LogP) is 5.96. The molecule has 4 nitrogen and oxygen atoms in total. The Morgan fingerprint density at radius 3 is 2.32 bits per heavy atom. The number of hydrogen-bond donors (Lipinski definition) is 1. The summed E-state index contributed by atoms with van der Waals surface area (Å²) >= 11 is 0. The van der Waals surface area contributed by atoms with Crippen LogP contribution in [-0.2, 0) is 10.2 Å². The molecule has 0 atom stereocenters. The van der Waals surface area contributed by atoms with E-state index in [1.54, 1.807) is 0 Å². The molecule has 2 aromatic rings. The van der Waals surface area contributed by atoms with Crippen molar-refractivity contribution in [2.45, 2.75) is 58.8 Å². The van der Waals surface area contributed by atoms with Crippen LogP contribution in [0.25, 0.3) is 0 Å². The van der Waals surface area contributed by atoms with Gasteiger partial charge in [-0.1, -0.05) is 65.2 Å². The molecule has 0 heterocycles. The minimum Gasteiger partial charge on any atom is -0.494 e. The second kappa shape index (κ2) is 10.7. The van der Waals surface area contributed by atoms with Crippen LogP contribution in [-0.4, -0.2) is 19.1 Å². The second-order valence-corrected chi connectivity index (χ2v) is 8.02. The number of unbranched alkanes of at least 4 members (excludes halogenated alkanes) is 3. The molecule has 0 aliphatic heterocycles. The zero-order valence-corrected chi connectivity index (χ0v) is 17.6. The molecule has 0 aliphatic rings. The van der Waals surface area contributed by atoms with Crippen LogP contribution in [0.1, 0.15) is 58.9 Å². The Labute approximate surface area is 169 Å². The number of ether oxygens (including phenoxy) is 2. The number of hydrogen-bond acceptors (Lipinski definition) is 3. The SMILES string of the molecule is CCCCCCOc1ccc(NC(=O)COc2ccccc2C(C)(C)C)cc1. The molecule has 0 spiro atoms. The van der Waals surface area contributed by atoms with Gasteiger partial charge in [-0.2, -0.15) is 0 Å². The van der Waals surface area contributed by atoms with Crippen molar-refractivity contribution in [2.24, 2.45) is 0 Å². The monoisotopic (exact) mass is 383 g/mol. The van der Waals surface area contributed by atoms with Crippen molar-refractivity contribution < 1.29 is 14.3 Å². The summed E-state index contributed by atoms with van der Waals surface area (Å²) in [5, 5.41) is 2.86. The fourth-order valence-electron chi connectivity index (χ4n) is 2.91. The third-order valence-electron chi connectivity index (χ3n) is 4.46. The maximum atomic E-state index is 12.2. The number of carbonyl (C=O) groups is 1. The number of anilines is 1. The first-order chi connectivity index (χ1) is 13.4. The lowest BCUT2D eigenvalue weighted by Crippen LogP contribution is -2.21. The van der Waals surface area contributed by atoms with Crippen LogP contribution in [0, 0.1) is 0 Å². The van der Waals surface area contributed by atoms with Gasteiger partial charge in [0.2, 0.25) is 0 Å². The summed E-state index contributed by atoms with van der Waals surface area (Å²) in [6, 6.07) is 15.3. The van der Waals surface area contributed by atoms with Gasteiger partial charge >= 0.3 is 0 Å². The molecule has 0 unspecified atom stereocenters. The van der Waals surface area contributed by atoms with Gasteiger partial charge in [0.25, 0.3) is 5.91 Å². The highest BCUT2D eigenvalue weighted by molar-refractivity contribution is 5.91. The average Bonchev–Trinajstić information content (AvgIpc) is 2.67. The van der Waals surface area contributed by atoms with Crippen LogP contribution in [0.2, 0.25) is 0 Å². The maximum Gasteiger partial charge on any atom is 0.262 e. The highest BCUT2D eigenvalue weighted by atomic mass is 16.5. The summed E-state index contributed by atoms with van der Waals surface area (Å²) in [5.74, 6) is 1.39. The van der Waals surface area contributed by atoms with E-state index in [-0.39, 0.29) is 17.9 Å². The number of carbonyl (C=O) groups excluding carboxylic acids is 1. The van der Waals surface area contributed by atoms with Gasteiger partial charge in [-0.05, 0) is 47.7 Å². The van der Waals surface area contributed by atoms with Crippen LogP contribution in [0.3, 0.4) is 0 Å². The number of rotatable bonds is 10. The summed E-state index contributed by atoms with van der Waals surface area (Å²) in [6.45, 7) is 9.28. The average molecular weight is 384 g/mol. The van der Waals surface area contributed by atoms with Crippen molar-refractivity contribution in [2.75, 3.05) is 18.5 Å². The number of amides is 1. The van der Waals surface area contributed by atoms with Crippen LogP contribution in [0.4, 0.5) is 5.69 Å². The Kier molecular flexibility index (Phi) is 8.37. The lowest BCUT2D eigenvalue weighted by atomic mass is 9.86. The van der Waals surface area contributed by atoms with Crippen molar-refractivity contribution in [3.05, 3.63) is 54.1 Å². The van der Waals surface area contributed by atoms with Crippen molar-refractivity contribution >= 4 is 11.6 Å². The highest BCUT2D eigenvalue weighted by Crippen LogP contribution is 2.30.